The van der Waals surface area contributed by atoms with E-state index in [-0.39, 0.29) is 17.7 Å². The molecule has 1 amide bonds. The predicted octanol–water partition coefficient (Wildman–Crippen LogP) is 2.78. The molecule has 1 aliphatic rings. The van der Waals surface area contributed by atoms with Crippen molar-refractivity contribution in [3.05, 3.63) is 47.0 Å². The van der Waals surface area contributed by atoms with E-state index in [2.05, 4.69) is 21.0 Å². The molecule has 0 radical (unpaired) electrons. The Morgan fingerprint density at radius 3 is 2.62 bits per heavy atom. The van der Waals surface area contributed by atoms with E-state index in [4.69, 9.17) is 0 Å². The Labute approximate surface area is 172 Å². The number of aromatic nitrogens is 3. The van der Waals surface area contributed by atoms with Gasteiger partial charge in [0, 0.05) is 57.2 Å². The van der Waals surface area contributed by atoms with Crippen LogP contribution in [-0.2, 0) is 11.3 Å². The standard InChI is InChI=1S/C22H31N5O2/c1-16(27-18(3)22(19(4)28)17(2)24-27)13-21(29)26-10-6-9-25(11-12-26)15-20-7-5-8-23-14-20/h5,7-8,14,16H,6,9-13,15H2,1-4H3/t16-/m0/s1. The summed E-state index contributed by atoms with van der Waals surface area (Å²) >= 11 is 0. The van der Waals surface area contributed by atoms with Gasteiger partial charge in [-0.2, -0.15) is 5.10 Å². The third kappa shape index (κ3) is 5.09. The SMILES string of the molecule is CC(=O)c1c(C)nn([C@@H](C)CC(=O)N2CCCN(Cc3cccnc3)CC2)c1C. The Morgan fingerprint density at radius 2 is 1.97 bits per heavy atom. The van der Waals surface area contributed by atoms with E-state index < -0.39 is 0 Å². The molecule has 7 nitrogen and oxygen atoms in total. The maximum Gasteiger partial charge on any atom is 0.224 e. The molecule has 3 heterocycles. The molecule has 0 spiro atoms. The average molecular weight is 398 g/mol. The molecule has 3 rings (SSSR count). The summed E-state index contributed by atoms with van der Waals surface area (Å²) in [6.45, 7) is 11.5. The minimum absolute atomic E-state index is 0.0194. The number of Topliss-reactive ketones (excluding diaryl/α,β-unsaturated/α-hetero) is 1. The fraction of sp³-hybridized carbons (Fsp3) is 0.545. The van der Waals surface area contributed by atoms with Crippen LogP contribution in [-0.4, -0.2) is 62.4 Å². The van der Waals surface area contributed by atoms with Crippen LogP contribution in [0.3, 0.4) is 0 Å². The molecule has 0 unspecified atom stereocenters. The minimum Gasteiger partial charge on any atom is -0.341 e. The first-order chi connectivity index (χ1) is 13.9. The highest BCUT2D eigenvalue weighted by molar-refractivity contribution is 5.96. The summed E-state index contributed by atoms with van der Waals surface area (Å²) in [7, 11) is 0. The Bertz CT molecular complexity index is 862. The van der Waals surface area contributed by atoms with E-state index in [0.29, 0.717) is 12.0 Å². The first-order valence-electron chi connectivity index (χ1n) is 10.3. The molecule has 1 atom stereocenters. The van der Waals surface area contributed by atoms with Crippen LogP contribution in [0, 0.1) is 13.8 Å². The predicted molar refractivity (Wildman–Crippen MR) is 112 cm³/mol. The molecule has 1 saturated heterocycles. The number of pyridine rings is 1. The second-order valence-electron chi connectivity index (χ2n) is 7.97. The molecule has 156 valence electrons. The maximum absolute atomic E-state index is 12.9. The van der Waals surface area contributed by atoms with Gasteiger partial charge >= 0.3 is 0 Å². The Morgan fingerprint density at radius 1 is 1.17 bits per heavy atom. The van der Waals surface area contributed by atoms with Crippen LogP contribution in [0.1, 0.15) is 60.0 Å². The van der Waals surface area contributed by atoms with Gasteiger partial charge in [0.15, 0.2) is 5.78 Å². The summed E-state index contributed by atoms with van der Waals surface area (Å²) in [6, 6.07) is 3.97. The molecule has 0 aliphatic carbocycles. The number of nitrogens with zero attached hydrogens (tertiary/aromatic N) is 5. The molecule has 0 N–H and O–H groups in total. The molecule has 0 saturated carbocycles. The molecular weight excluding hydrogens is 366 g/mol. The topological polar surface area (TPSA) is 71.3 Å². The summed E-state index contributed by atoms with van der Waals surface area (Å²) in [5.41, 5.74) is 3.45. The maximum atomic E-state index is 12.9. The van der Waals surface area contributed by atoms with E-state index in [1.165, 1.54) is 5.56 Å². The molecule has 1 aliphatic heterocycles. The smallest absolute Gasteiger partial charge is 0.224 e. The third-order valence-corrected chi connectivity index (χ3v) is 5.63. The number of ketones is 1. The second kappa shape index (κ2) is 9.31. The monoisotopic (exact) mass is 397 g/mol. The third-order valence-electron chi connectivity index (χ3n) is 5.63. The highest BCUT2D eigenvalue weighted by Gasteiger charge is 2.24. The Balaban J connectivity index is 1.58. The van der Waals surface area contributed by atoms with Crippen LogP contribution in [0.2, 0.25) is 0 Å². The zero-order valence-electron chi connectivity index (χ0n) is 17.9. The Kier molecular flexibility index (Phi) is 6.79. The van der Waals surface area contributed by atoms with Gasteiger partial charge in [0.1, 0.15) is 0 Å². The zero-order chi connectivity index (χ0) is 21.0. The van der Waals surface area contributed by atoms with Crippen molar-refractivity contribution in [3.8, 4) is 0 Å². The van der Waals surface area contributed by atoms with Crippen molar-refractivity contribution in [1.29, 1.82) is 0 Å². The van der Waals surface area contributed by atoms with Crippen LogP contribution in [0.5, 0.6) is 0 Å². The van der Waals surface area contributed by atoms with Crippen LogP contribution >= 0.6 is 0 Å². The van der Waals surface area contributed by atoms with E-state index >= 15 is 0 Å². The summed E-state index contributed by atoms with van der Waals surface area (Å²) < 4.78 is 1.83. The number of hydrogen-bond donors (Lipinski definition) is 0. The first kappa shape index (κ1) is 21.2. The van der Waals surface area contributed by atoms with Gasteiger partial charge in [0.05, 0.1) is 17.3 Å². The second-order valence-corrected chi connectivity index (χ2v) is 7.97. The summed E-state index contributed by atoms with van der Waals surface area (Å²) in [4.78, 5) is 33.3. The normalized spacial score (nSPS) is 16.5. The fourth-order valence-electron chi connectivity index (χ4n) is 4.20. The van der Waals surface area contributed by atoms with Gasteiger partial charge < -0.3 is 4.90 Å². The molecule has 2 aromatic heterocycles. The molecule has 0 bridgehead atoms. The minimum atomic E-state index is -0.0796. The highest BCUT2D eigenvalue weighted by atomic mass is 16.2. The van der Waals surface area contributed by atoms with Crippen molar-refractivity contribution in [2.75, 3.05) is 26.2 Å². The number of carbonyl (C=O) groups is 2. The van der Waals surface area contributed by atoms with Gasteiger partial charge in [0.25, 0.3) is 0 Å². The first-order valence-corrected chi connectivity index (χ1v) is 10.3. The number of carbonyl (C=O) groups excluding carboxylic acids is 2. The lowest BCUT2D eigenvalue weighted by Gasteiger charge is -2.24. The van der Waals surface area contributed by atoms with Gasteiger partial charge in [-0.25, -0.2) is 0 Å². The van der Waals surface area contributed by atoms with E-state index in [9.17, 15) is 9.59 Å². The van der Waals surface area contributed by atoms with E-state index in [1.807, 2.05) is 42.6 Å². The van der Waals surface area contributed by atoms with Gasteiger partial charge in [0.2, 0.25) is 5.91 Å². The van der Waals surface area contributed by atoms with Gasteiger partial charge in [-0.1, -0.05) is 6.07 Å². The van der Waals surface area contributed by atoms with Crippen molar-refractivity contribution in [1.82, 2.24) is 24.6 Å². The van der Waals surface area contributed by atoms with Crippen molar-refractivity contribution in [2.24, 2.45) is 0 Å². The quantitative estimate of drug-likeness (QED) is 0.701. The Hall–Kier alpha value is -2.54. The van der Waals surface area contributed by atoms with Crippen molar-refractivity contribution in [3.63, 3.8) is 0 Å². The van der Waals surface area contributed by atoms with Crippen LogP contribution in [0.25, 0.3) is 0 Å². The highest BCUT2D eigenvalue weighted by Crippen LogP contribution is 2.21. The van der Waals surface area contributed by atoms with E-state index in [1.54, 1.807) is 13.1 Å². The van der Waals surface area contributed by atoms with Crippen LogP contribution < -0.4 is 0 Å². The number of amides is 1. The van der Waals surface area contributed by atoms with Crippen molar-refractivity contribution >= 4 is 11.7 Å². The summed E-state index contributed by atoms with van der Waals surface area (Å²) in [6.07, 6.45) is 5.05. The molecule has 0 aromatic carbocycles. The summed E-state index contributed by atoms with van der Waals surface area (Å²) in [5.74, 6) is 0.170. The number of rotatable bonds is 6. The lowest BCUT2D eigenvalue weighted by molar-refractivity contribution is -0.131. The molecule has 1 fully saturated rings. The van der Waals surface area contributed by atoms with Crippen LogP contribution in [0.15, 0.2) is 24.5 Å². The fourth-order valence-corrected chi connectivity index (χ4v) is 4.20. The lowest BCUT2D eigenvalue weighted by Crippen LogP contribution is -2.36. The zero-order valence-corrected chi connectivity index (χ0v) is 17.9. The largest absolute Gasteiger partial charge is 0.341 e. The molecule has 2 aromatic rings. The van der Waals surface area contributed by atoms with Gasteiger partial charge in [-0.3, -0.25) is 24.2 Å². The van der Waals surface area contributed by atoms with Gasteiger partial charge in [-0.15, -0.1) is 0 Å². The number of hydrogen-bond acceptors (Lipinski definition) is 5. The van der Waals surface area contributed by atoms with Crippen LogP contribution in [0.4, 0.5) is 0 Å². The summed E-state index contributed by atoms with van der Waals surface area (Å²) in [5, 5.41) is 4.52. The van der Waals surface area contributed by atoms with E-state index in [0.717, 1.165) is 50.5 Å². The molecular formula is C22H31N5O2. The number of aryl methyl sites for hydroxylation is 1. The average Bonchev–Trinajstić information content (AvgIpc) is 2.84. The molecule has 7 heteroatoms. The van der Waals surface area contributed by atoms with Crippen molar-refractivity contribution in [2.45, 2.75) is 53.1 Å². The van der Waals surface area contributed by atoms with Gasteiger partial charge in [-0.05, 0) is 45.7 Å². The lowest BCUT2D eigenvalue weighted by atomic mass is 10.1. The van der Waals surface area contributed by atoms with Crippen molar-refractivity contribution < 1.29 is 9.59 Å². The molecule has 29 heavy (non-hydrogen) atoms.